The maximum Gasteiger partial charge on any atom is 0.201 e. The van der Waals surface area contributed by atoms with E-state index in [0.717, 1.165) is 26.9 Å². The molecule has 0 amide bonds. The monoisotopic (exact) mass is 419 g/mol. The van der Waals surface area contributed by atoms with Crippen LogP contribution in [-0.2, 0) is 0 Å². The SMILES string of the molecule is Cc1ccc(N/C=C(\C#N)[P+](c2ccccc2)(c2ccccc2)c2ccccc2)cc1. The van der Waals surface area contributed by atoms with E-state index in [-0.39, 0.29) is 0 Å². The third-order valence-electron chi connectivity index (χ3n) is 5.33. The van der Waals surface area contributed by atoms with Crippen molar-refractivity contribution in [2.24, 2.45) is 0 Å². The molecule has 0 aliphatic rings. The summed E-state index contributed by atoms with van der Waals surface area (Å²) in [7, 11) is -2.37. The van der Waals surface area contributed by atoms with Crippen LogP contribution < -0.4 is 21.2 Å². The number of nitrogens with zero attached hydrogens (tertiary/aromatic N) is 1. The van der Waals surface area contributed by atoms with Gasteiger partial charge in [-0.3, -0.25) is 0 Å². The van der Waals surface area contributed by atoms with Crippen molar-refractivity contribution in [2.45, 2.75) is 6.92 Å². The van der Waals surface area contributed by atoms with Gasteiger partial charge in [0.25, 0.3) is 0 Å². The Balaban J connectivity index is 1.97. The molecule has 0 saturated heterocycles. The fraction of sp³-hybridized carbons (Fsp3) is 0.0357. The second-order valence-electron chi connectivity index (χ2n) is 7.33. The number of nitriles is 1. The zero-order valence-corrected chi connectivity index (χ0v) is 18.3. The van der Waals surface area contributed by atoms with Gasteiger partial charge >= 0.3 is 0 Å². The van der Waals surface area contributed by atoms with Crippen LogP contribution in [0.5, 0.6) is 0 Å². The van der Waals surface area contributed by atoms with Crippen molar-refractivity contribution < 1.29 is 0 Å². The normalized spacial score (nSPS) is 11.5. The molecule has 4 rings (SSSR count). The number of hydrogen-bond acceptors (Lipinski definition) is 2. The van der Waals surface area contributed by atoms with E-state index in [1.165, 1.54) is 5.56 Å². The van der Waals surface area contributed by atoms with Gasteiger partial charge in [0, 0.05) is 5.69 Å². The van der Waals surface area contributed by atoms with Crippen LogP contribution in [0.4, 0.5) is 5.69 Å². The molecule has 4 aromatic carbocycles. The number of anilines is 1. The third kappa shape index (κ3) is 4.15. The van der Waals surface area contributed by atoms with Crippen LogP contribution in [0.3, 0.4) is 0 Å². The van der Waals surface area contributed by atoms with E-state index in [1.807, 2.05) is 36.5 Å². The van der Waals surface area contributed by atoms with Crippen molar-refractivity contribution in [2.75, 3.05) is 5.32 Å². The second-order valence-corrected chi connectivity index (χ2v) is 10.7. The molecule has 4 aromatic rings. The maximum atomic E-state index is 10.4. The lowest BCUT2D eigenvalue weighted by Crippen LogP contribution is -2.32. The summed E-state index contributed by atoms with van der Waals surface area (Å²) in [4.78, 5) is 0. The zero-order valence-electron chi connectivity index (χ0n) is 17.4. The predicted molar refractivity (Wildman–Crippen MR) is 134 cm³/mol. The highest BCUT2D eigenvalue weighted by Crippen LogP contribution is 2.62. The minimum absolute atomic E-state index is 0.733. The minimum atomic E-state index is -2.37. The Labute approximate surface area is 184 Å². The van der Waals surface area contributed by atoms with Crippen molar-refractivity contribution >= 4 is 28.9 Å². The molecule has 3 heteroatoms. The first-order chi connectivity index (χ1) is 15.2. The summed E-state index contributed by atoms with van der Waals surface area (Å²) in [6.45, 7) is 2.07. The molecule has 1 N–H and O–H groups in total. The first-order valence-electron chi connectivity index (χ1n) is 10.2. The first kappa shape index (κ1) is 20.6. The molecule has 0 atom stereocenters. The van der Waals surface area contributed by atoms with Gasteiger partial charge in [-0.1, -0.05) is 72.3 Å². The summed E-state index contributed by atoms with van der Waals surface area (Å²) in [5.74, 6) is 0. The molecule has 0 unspecified atom stereocenters. The fourth-order valence-corrected chi connectivity index (χ4v) is 7.82. The van der Waals surface area contributed by atoms with Crippen molar-refractivity contribution in [3.8, 4) is 6.07 Å². The van der Waals surface area contributed by atoms with Gasteiger partial charge in [0.05, 0.1) is 6.20 Å². The molecule has 0 aliphatic carbocycles. The number of hydrogen-bond donors (Lipinski definition) is 1. The smallest absolute Gasteiger partial charge is 0.201 e. The van der Waals surface area contributed by atoms with Gasteiger partial charge in [0.2, 0.25) is 5.31 Å². The van der Waals surface area contributed by atoms with Crippen LogP contribution in [-0.4, -0.2) is 0 Å². The maximum absolute atomic E-state index is 10.4. The number of nitrogens with one attached hydrogen (secondary N) is 1. The average molecular weight is 419 g/mol. The Morgan fingerprint density at radius 1 is 0.677 bits per heavy atom. The molecule has 0 bridgehead atoms. The van der Waals surface area contributed by atoms with Crippen molar-refractivity contribution in [3.63, 3.8) is 0 Å². The summed E-state index contributed by atoms with van der Waals surface area (Å²) in [5.41, 5.74) is 2.17. The molecule has 0 radical (unpaired) electrons. The topological polar surface area (TPSA) is 35.8 Å². The van der Waals surface area contributed by atoms with Gasteiger partial charge in [-0.2, -0.15) is 5.26 Å². The molecule has 0 aliphatic heterocycles. The van der Waals surface area contributed by atoms with Gasteiger partial charge < -0.3 is 5.32 Å². The first-order valence-corrected chi connectivity index (χ1v) is 12.0. The van der Waals surface area contributed by atoms with Crippen LogP contribution in [0.15, 0.2) is 127 Å². The lowest BCUT2D eigenvalue weighted by molar-refractivity contribution is 1.45. The number of rotatable bonds is 6. The van der Waals surface area contributed by atoms with Crippen LogP contribution in [0, 0.1) is 18.3 Å². The van der Waals surface area contributed by atoms with E-state index < -0.39 is 7.26 Å². The van der Waals surface area contributed by atoms with E-state index in [9.17, 15) is 5.26 Å². The molecular weight excluding hydrogens is 395 g/mol. The van der Waals surface area contributed by atoms with Gasteiger partial charge in [0.15, 0.2) is 7.26 Å². The van der Waals surface area contributed by atoms with Crippen LogP contribution in [0.2, 0.25) is 0 Å². The molecule has 0 heterocycles. The van der Waals surface area contributed by atoms with E-state index in [1.54, 1.807) is 0 Å². The Bertz CT molecular complexity index is 1100. The molecule has 0 fully saturated rings. The number of aryl methyl sites for hydroxylation is 1. The van der Waals surface area contributed by atoms with Crippen LogP contribution in [0.25, 0.3) is 0 Å². The fourth-order valence-electron chi connectivity index (χ4n) is 3.82. The van der Waals surface area contributed by atoms with Crippen LogP contribution in [0.1, 0.15) is 5.56 Å². The quantitative estimate of drug-likeness (QED) is 0.318. The zero-order chi connectivity index (χ0) is 21.5. The summed E-state index contributed by atoms with van der Waals surface area (Å²) in [6.07, 6.45) is 1.89. The summed E-state index contributed by atoms with van der Waals surface area (Å²) in [6, 6.07) is 42.0. The Kier molecular flexibility index (Phi) is 6.27. The van der Waals surface area contributed by atoms with Crippen molar-refractivity contribution in [1.82, 2.24) is 0 Å². The van der Waals surface area contributed by atoms with Gasteiger partial charge in [-0.25, -0.2) is 0 Å². The summed E-state index contributed by atoms with van der Waals surface area (Å²) >= 11 is 0. The third-order valence-corrected chi connectivity index (χ3v) is 9.50. The lowest BCUT2D eigenvalue weighted by atomic mass is 10.2. The summed E-state index contributed by atoms with van der Waals surface area (Å²) in [5, 5.41) is 18.0. The molecule has 31 heavy (non-hydrogen) atoms. The van der Waals surface area contributed by atoms with Gasteiger partial charge in [-0.05, 0) is 55.5 Å². The second kappa shape index (κ2) is 9.43. The molecular formula is C28H24N2P+. The average Bonchev–Trinajstić information content (AvgIpc) is 2.84. The van der Waals surface area contributed by atoms with E-state index in [4.69, 9.17) is 0 Å². The highest BCUT2D eigenvalue weighted by Gasteiger charge is 2.50. The van der Waals surface area contributed by atoms with Crippen LogP contribution >= 0.6 is 7.26 Å². The molecule has 2 nitrogen and oxygen atoms in total. The van der Waals surface area contributed by atoms with E-state index >= 15 is 0 Å². The Morgan fingerprint density at radius 2 is 1.10 bits per heavy atom. The lowest BCUT2D eigenvalue weighted by Gasteiger charge is -2.26. The van der Waals surface area contributed by atoms with Gasteiger partial charge in [-0.15, -0.1) is 0 Å². The van der Waals surface area contributed by atoms with E-state index in [0.29, 0.717) is 0 Å². The molecule has 150 valence electrons. The van der Waals surface area contributed by atoms with Gasteiger partial charge in [0.1, 0.15) is 22.0 Å². The predicted octanol–water partition coefficient (Wildman–Crippen LogP) is 5.77. The highest BCUT2D eigenvalue weighted by atomic mass is 31.2. The highest BCUT2D eigenvalue weighted by molar-refractivity contribution is 7.99. The minimum Gasteiger partial charge on any atom is -0.358 e. The van der Waals surface area contributed by atoms with Crippen molar-refractivity contribution in [1.29, 1.82) is 5.26 Å². The summed E-state index contributed by atoms with van der Waals surface area (Å²) < 4.78 is 0. The Morgan fingerprint density at radius 3 is 1.48 bits per heavy atom. The standard InChI is InChI=1S/C28H24N2P/c1-23-17-19-24(20-18-23)30-22-28(21-29)31(25-11-5-2-6-12-25,26-13-7-3-8-14-26)27-15-9-4-10-16-27/h2-20,22,30H,1H3/q+1/b28-22+. The molecule has 0 spiro atoms. The molecule has 0 aromatic heterocycles. The Hall–Kier alpha value is -3.66. The number of benzene rings is 4. The van der Waals surface area contributed by atoms with Crippen molar-refractivity contribution in [3.05, 3.63) is 132 Å². The van der Waals surface area contributed by atoms with E-state index in [2.05, 4.69) is 103 Å². The molecule has 0 saturated carbocycles. The number of allylic oxidation sites excluding steroid dienone is 1. The largest absolute Gasteiger partial charge is 0.358 e.